The van der Waals surface area contributed by atoms with Gasteiger partial charge in [0.1, 0.15) is 10.7 Å². The van der Waals surface area contributed by atoms with Gasteiger partial charge in [0.05, 0.1) is 19.8 Å². The molecule has 1 unspecified atom stereocenters. The van der Waals surface area contributed by atoms with Gasteiger partial charge in [-0.15, -0.1) is 0 Å². The highest BCUT2D eigenvalue weighted by Crippen LogP contribution is 2.28. The minimum atomic E-state index is -0.305. The lowest BCUT2D eigenvalue weighted by Gasteiger charge is -2.25. The first kappa shape index (κ1) is 14.0. The Morgan fingerprint density at radius 3 is 2.95 bits per heavy atom. The smallest absolute Gasteiger partial charge is 0.265 e. The summed E-state index contributed by atoms with van der Waals surface area (Å²) in [7, 11) is 0. The first-order valence-electron chi connectivity index (χ1n) is 6.12. The van der Waals surface area contributed by atoms with E-state index in [0.29, 0.717) is 18.1 Å². The number of hydrogen-bond donors (Lipinski definition) is 3. The van der Waals surface area contributed by atoms with Crippen molar-refractivity contribution in [3.8, 4) is 0 Å². The summed E-state index contributed by atoms with van der Waals surface area (Å²) >= 11 is 1.27. The first-order valence-corrected chi connectivity index (χ1v) is 6.94. The van der Waals surface area contributed by atoms with E-state index in [1.54, 1.807) is 6.92 Å². The number of nitrogens with zero attached hydrogens (tertiary/aromatic N) is 2. The molecule has 2 heterocycles. The van der Waals surface area contributed by atoms with E-state index in [4.69, 9.17) is 15.6 Å². The number of thiazole rings is 1. The molecule has 1 atom stereocenters. The number of nitrogens with one attached hydrogen (secondary N) is 1. The van der Waals surface area contributed by atoms with Crippen LogP contribution in [0.15, 0.2) is 0 Å². The summed E-state index contributed by atoms with van der Waals surface area (Å²) in [5.41, 5.74) is 5.78. The zero-order chi connectivity index (χ0) is 13.8. The van der Waals surface area contributed by atoms with Crippen molar-refractivity contribution in [3.05, 3.63) is 4.88 Å². The Hall–Kier alpha value is -1.38. The number of aliphatic hydroxyl groups is 1. The molecule has 0 saturated carbocycles. The second kappa shape index (κ2) is 6.18. The number of aromatic nitrogens is 1. The number of nitrogen functional groups attached to an aromatic ring is 1. The number of aliphatic hydroxyl groups excluding tert-OH is 1. The van der Waals surface area contributed by atoms with E-state index in [1.807, 2.05) is 0 Å². The van der Waals surface area contributed by atoms with E-state index >= 15 is 0 Å². The molecule has 19 heavy (non-hydrogen) atoms. The van der Waals surface area contributed by atoms with Crippen molar-refractivity contribution >= 4 is 28.2 Å². The molecule has 0 aliphatic carbocycles. The van der Waals surface area contributed by atoms with Crippen LogP contribution in [0.3, 0.4) is 0 Å². The van der Waals surface area contributed by atoms with Crippen molar-refractivity contribution in [1.29, 1.82) is 0 Å². The molecule has 1 fully saturated rings. The minimum Gasteiger partial charge on any atom is -0.394 e. The molecule has 1 aliphatic heterocycles. The number of nitrogens with two attached hydrogens (primary N) is 1. The molecule has 4 N–H and O–H groups in total. The first-order chi connectivity index (χ1) is 9.11. The average Bonchev–Trinajstić information content (AvgIpc) is 2.81. The van der Waals surface area contributed by atoms with E-state index in [0.717, 1.165) is 18.2 Å². The summed E-state index contributed by atoms with van der Waals surface area (Å²) in [6.07, 6.45) is 0. The highest BCUT2D eigenvalue weighted by Gasteiger charge is 2.21. The molecule has 0 bridgehead atoms. The van der Waals surface area contributed by atoms with Crippen LogP contribution in [0.1, 0.15) is 16.6 Å². The fourth-order valence-corrected chi connectivity index (χ4v) is 2.65. The van der Waals surface area contributed by atoms with Gasteiger partial charge in [-0.3, -0.25) is 4.79 Å². The molecule has 106 valence electrons. The number of ether oxygens (including phenoxy) is 1. The number of anilines is 2. The number of morpholine rings is 1. The lowest BCUT2D eigenvalue weighted by atomic mass is 10.3. The van der Waals surface area contributed by atoms with E-state index < -0.39 is 0 Å². The van der Waals surface area contributed by atoms with Crippen LogP contribution in [0.4, 0.5) is 10.9 Å². The topological polar surface area (TPSA) is 101 Å². The SMILES string of the molecule is CC(CO)NC(=O)c1sc(N2CCOCC2)nc1N. The third kappa shape index (κ3) is 3.34. The van der Waals surface area contributed by atoms with Gasteiger partial charge in [0.25, 0.3) is 5.91 Å². The molecule has 1 amide bonds. The molecule has 0 spiro atoms. The van der Waals surface area contributed by atoms with Crippen LogP contribution in [0, 0.1) is 0 Å². The molecule has 0 radical (unpaired) electrons. The van der Waals surface area contributed by atoms with Gasteiger partial charge in [-0.1, -0.05) is 11.3 Å². The van der Waals surface area contributed by atoms with E-state index in [2.05, 4.69) is 15.2 Å². The third-order valence-corrected chi connectivity index (χ3v) is 3.91. The number of amides is 1. The second-order valence-corrected chi connectivity index (χ2v) is 5.34. The van der Waals surface area contributed by atoms with Gasteiger partial charge in [-0.25, -0.2) is 4.98 Å². The zero-order valence-corrected chi connectivity index (χ0v) is 11.6. The minimum absolute atomic E-state index is 0.110. The van der Waals surface area contributed by atoms with E-state index in [-0.39, 0.29) is 24.4 Å². The van der Waals surface area contributed by atoms with Gasteiger partial charge in [0.15, 0.2) is 5.13 Å². The normalized spacial score (nSPS) is 17.3. The highest BCUT2D eigenvalue weighted by atomic mass is 32.1. The molecule has 1 aromatic heterocycles. The molecule has 1 saturated heterocycles. The predicted molar refractivity (Wildman–Crippen MR) is 73.6 cm³/mol. The summed E-state index contributed by atoms with van der Waals surface area (Å²) in [4.78, 5) is 18.6. The Balaban J connectivity index is 2.09. The monoisotopic (exact) mass is 286 g/mol. The van der Waals surface area contributed by atoms with Crippen molar-refractivity contribution in [2.24, 2.45) is 0 Å². The van der Waals surface area contributed by atoms with Crippen LogP contribution in [-0.4, -0.2) is 54.9 Å². The van der Waals surface area contributed by atoms with E-state index in [9.17, 15) is 4.79 Å². The van der Waals surface area contributed by atoms with Crippen LogP contribution < -0.4 is 16.0 Å². The molecule has 8 heteroatoms. The molecular weight excluding hydrogens is 268 g/mol. The quantitative estimate of drug-likeness (QED) is 0.701. The van der Waals surface area contributed by atoms with Crippen molar-refractivity contribution in [1.82, 2.24) is 10.3 Å². The molecular formula is C11H18N4O3S. The molecule has 1 aromatic rings. The van der Waals surface area contributed by atoms with Gasteiger partial charge in [-0.05, 0) is 6.92 Å². The van der Waals surface area contributed by atoms with Gasteiger partial charge >= 0.3 is 0 Å². The van der Waals surface area contributed by atoms with Crippen LogP contribution in [0.2, 0.25) is 0 Å². The fraction of sp³-hybridized carbons (Fsp3) is 0.636. The second-order valence-electron chi connectivity index (χ2n) is 4.37. The summed E-state index contributed by atoms with van der Waals surface area (Å²) in [5, 5.41) is 12.3. The van der Waals surface area contributed by atoms with Gasteiger partial charge in [-0.2, -0.15) is 0 Å². The summed E-state index contributed by atoms with van der Waals surface area (Å²) < 4.78 is 5.27. The molecule has 0 aromatic carbocycles. The van der Waals surface area contributed by atoms with Gasteiger partial charge in [0, 0.05) is 19.1 Å². The average molecular weight is 286 g/mol. The molecule has 7 nitrogen and oxygen atoms in total. The number of hydrogen-bond acceptors (Lipinski definition) is 7. The van der Waals surface area contributed by atoms with Crippen molar-refractivity contribution in [2.75, 3.05) is 43.5 Å². The lowest BCUT2D eigenvalue weighted by Crippen LogP contribution is -2.36. The zero-order valence-electron chi connectivity index (χ0n) is 10.8. The summed E-state index contributed by atoms with van der Waals surface area (Å²) in [5.74, 6) is -0.0646. The fourth-order valence-electron chi connectivity index (χ4n) is 1.71. The Morgan fingerprint density at radius 2 is 2.32 bits per heavy atom. The molecule has 1 aliphatic rings. The Kier molecular flexibility index (Phi) is 4.56. The number of rotatable bonds is 4. The highest BCUT2D eigenvalue weighted by molar-refractivity contribution is 7.18. The number of carbonyl (C=O) groups is 1. The maximum Gasteiger partial charge on any atom is 0.265 e. The largest absolute Gasteiger partial charge is 0.394 e. The summed E-state index contributed by atoms with van der Waals surface area (Å²) in [6.45, 7) is 4.42. The van der Waals surface area contributed by atoms with Crippen molar-refractivity contribution in [2.45, 2.75) is 13.0 Å². The van der Waals surface area contributed by atoms with Crippen molar-refractivity contribution in [3.63, 3.8) is 0 Å². The number of carbonyl (C=O) groups excluding carboxylic acids is 1. The third-order valence-electron chi connectivity index (χ3n) is 2.78. The van der Waals surface area contributed by atoms with E-state index in [1.165, 1.54) is 11.3 Å². The standard InChI is InChI=1S/C11H18N4O3S/c1-7(6-16)13-10(17)8-9(12)14-11(19-8)15-2-4-18-5-3-15/h7,16H,2-6,12H2,1H3,(H,13,17). The van der Waals surface area contributed by atoms with Crippen LogP contribution in [-0.2, 0) is 4.74 Å². The van der Waals surface area contributed by atoms with Crippen LogP contribution in [0.25, 0.3) is 0 Å². The summed E-state index contributed by atoms with van der Waals surface area (Å²) in [6, 6.07) is -0.305. The Bertz CT molecular complexity index is 445. The maximum absolute atomic E-state index is 12.0. The molecule has 2 rings (SSSR count). The maximum atomic E-state index is 12.0. The van der Waals surface area contributed by atoms with Gasteiger partial charge < -0.3 is 25.8 Å². The predicted octanol–water partition coefficient (Wildman–Crippen LogP) is -0.327. The van der Waals surface area contributed by atoms with Gasteiger partial charge in [0.2, 0.25) is 0 Å². The van der Waals surface area contributed by atoms with Crippen molar-refractivity contribution < 1.29 is 14.6 Å². The van der Waals surface area contributed by atoms with Crippen LogP contribution >= 0.6 is 11.3 Å². The Labute approximate surface area is 115 Å². The lowest BCUT2D eigenvalue weighted by molar-refractivity contribution is 0.0927. The van der Waals surface area contributed by atoms with Crippen LogP contribution in [0.5, 0.6) is 0 Å². The Morgan fingerprint density at radius 1 is 1.63 bits per heavy atom.